The highest BCUT2D eigenvalue weighted by Gasteiger charge is 2.52. The van der Waals surface area contributed by atoms with Crippen LogP contribution in [-0.2, 0) is 16.1 Å². The van der Waals surface area contributed by atoms with Gasteiger partial charge in [0, 0.05) is 27.7 Å². The summed E-state index contributed by atoms with van der Waals surface area (Å²) in [5.74, 6) is -2.23. The lowest BCUT2D eigenvalue weighted by Gasteiger charge is -2.31. The Bertz CT molecular complexity index is 1150. The molecule has 0 N–H and O–H groups in total. The van der Waals surface area contributed by atoms with E-state index in [-0.39, 0.29) is 22.8 Å². The van der Waals surface area contributed by atoms with Crippen LogP contribution in [0.3, 0.4) is 0 Å². The topological polar surface area (TPSA) is 101 Å². The molecule has 0 aromatic heterocycles. The van der Waals surface area contributed by atoms with Crippen molar-refractivity contribution in [2.45, 2.75) is 32.7 Å². The van der Waals surface area contributed by atoms with Gasteiger partial charge in [0.2, 0.25) is 0 Å². The minimum Gasteiger partial charge on any atom is -0.272 e. The highest BCUT2D eigenvalue weighted by Crippen LogP contribution is 2.41. The maximum atomic E-state index is 13.5. The van der Waals surface area contributed by atoms with Crippen LogP contribution in [0.1, 0.15) is 42.1 Å². The van der Waals surface area contributed by atoms with E-state index in [4.69, 9.17) is 23.2 Å². The Labute approximate surface area is 200 Å². The van der Waals surface area contributed by atoms with Crippen LogP contribution >= 0.6 is 23.2 Å². The maximum absolute atomic E-state index is 13.5. The van der Waals surface area contributed by atoms with Crippen molar-refractivity contribution in [3.63, 3.8) is 0 Å². The van der Waals surface area contributed by atoms with E-state index in [0.717, 1.165) is 22.5 Å². The Morgan fingerprint density at radius 1 is 1.12 bits per heavy atom. The standard InChI is InChI=1S/C23H21Cl2N3O5/c1-13-5-8-18-19(9-13)23(31)27(22(18)30)26(12-15-6-7-16(24)11-20(15)25)21(29)14-3-2-4-17(10-14)28(32)33/h2-4,6-7,10-11,13,18-19H,5,8-9,12H2,1H3/t13-,18-,19+/m1/s1. The quantitative estimate of drug-likeness (QED) is 0.338. The van der Waals surface area contributed by atoms with E-state index in [1.807, 2.05) is 6.92 Å². The SMILES string of the molecule is C[C@@H]1CC[C@H]2C(=O)N(N(Cc3ccc(Cl)cc3Cl)C(=O)c3cccc([N+](=O)[O-])c3)C(=O)[C@H]2C1. The van der Waals surface area contributed by atoms with Crippen molar-refractivity contribution in [1.29, 1.82) is 0 Å². The summed E-state index contributed by atoms with van der Waals surface area (Å²) in [6.45, 7) is 1.86. The van der Waals surface area contributed by atoms with Gasteiger partial charge in [0.15, 0.2) is 0 Å². The molecular formula is C23H21Cl2N3O5. The number of imide groups is 1. The number of halogens is 2. The number of benzene rings is 2. The second-order valence-electron chi connectivity index (χ2n) is 8.53. The lowest BCUT2D eigenvalue weighted by Crippen LogP contribution is -2.49. The fraction of sp³-hybridized carbons (Fsp3) is 0.348. The van der Waals surface area contributed by atoms with Crippen molar-refractivity contribution in [3.8, 4) is 0 Å². The van der Waals surface area contributed by atoms with E-state index in [1.54, 1.807) is 12.1 Å². The summed E-state index contributed by atoms with van der Waals surface area (Å²) in [5.41, 5.74) is 0.189. The number of hydrogen-bond donors (Lipinski definition) is 0. The normalized spacial score (nSPS) is 22.3. The van der Waals surface area contributed by atoms with Crippen LogP contribution in [0, 0.1) is 27.9 Å². The van der Waals surface area contributed by atoms with E-state index >= 15 is 0 Å². The zero-order valence-electron chi connectivity index (χ0n) is 17.7. The highest BCUT2D eigenvalue weighted by molar-refractivity contribution is 6.35. The Balaban J connectivity index is 1.75. The average Bonchev–Trinajstić information content (AvgIpc) is 3.02. The molecule has 1 heterocycles. The zero-order valence-corrected chi connectivity index (χ0v) is 19.3. The Hall–Kier alpha value is -2.97. The van der Waals surface area contributed by atoms with E-state index in [1.165, 1.54) is 24.3 Å². The van der Waals surface area contributed by atoms with Crippen LogP contribution in [0.25, 0.3) is 0 Å². The van der Waals surface area contributed by atoms with E-state index in [2.05, 4.69) is 0 Å². The van der Waals surface area contributed by atoms with Gasteiger partial charge in [-0.1, -0.05) is 42.3 Å². The van der Waals surface area contributed by atoms with Crippen LogP contribution in [0.5, 0.6) is 0 Å². The highest BCUT2D eigenvalue weighted by atomic mass is 35.5. The van der Waals surface area contributed by atoms with Gasteiger partial charge in [0.05, 0.1) is 23.3 Å². The molecule has 8 nitrogen and oxygen atoms in total. The molecule has 4 rings (SSSR count). The molecule has 3 amide bonds. The van der Waals surface area contributed by atoms with Crippen molar-refractivity contribution in [2.24, 2.45) is 17.8 Å². The Morgan fingerprint density at radius 3 is 2.55 bits per heavy atom. The third kappa shape index (κ3) is 4.45. The first-order valence-electron chi connectivity index (χ1n) is 10.6. The molecule has 1 aliphatic heterocycles. The number of carbonyl (C=O) groups excluding carboxylic acids is 3. The minimum absolute atomic E-state index is 0.0156. The number of rotatable bonds is 5. The third-order valence-electron chi connectivity index (χ3n) is 6.28. The first-order chi connectivity index (χ1) is 15.7. The van der Waals surface area contributed by atoms with E-state index < -0.39 is 34.5 Å². The van der Waals surface area contributed by atoms with Gasteiger partial charge >= 0.3 is 0 Å². The predicted octanol–water partition coefficient (Wildman–Crippen LogP) is 4.88. The number of carbonyl (C=O) groups is 3. The third-order valence-corrected chi connectivity index (χ3v) is 6.87. The van der Waals surface area contributed by atoms with Gasteiger partial charge in [0.1, 0.15) is 0 Å². The molecule has 33 heavy (non-hydrogen) atoms. The molecule has 2 aromatic rings. The van der Waals surface area contributed by atoms with Gasteiger partial charge in [-0.3, -0.25) is 24.5 Å². The monoisotopic (exact) mass is 489 g/mol. The molecule has 172 valence electrons. The Morgan fingerprint density at radius 2 is 1.85 bits per heavy atom. The van der Waals surface area contributed by atoms with Gasteiger partial charge in [-0.25, -0.2) is 5.01 Å². The van der Waals surface area contributed by atoms with E-state index in [9.17, 15) is 24.5 Å². The predicted molar refractivity (Wildman–Crippen MR) is 121 cm³/mol. The van der Waals surface area contributed by atoms with Crippen LogP contribution in [0.15, 0.2) is 42.5 Å². The number of amides is 3. The van der Waals surface area contributed by atoms with Gasteiger partial charge in [-0.05, 0) is 48.9 Å². The summed E-state index contributed by atoms with van der Waals surface area (Å²) in [6.07, 6.45) is 1.98. The molecule has 2 fully saturated rings. The fourth-order valence-electron chi connectivity index (χ4n) is 4.56. The number of hydrogen-bond acceptors (Lipinski definition) is 5. The van der Waals surface area contributed by atoms with Crippen molar-refractivity contribution >= 4 is 46.6 Å². The van der Waals surface area contributed by atoms with Crippen LogP contribution in [0.4, 0.5) is 5.69 Å². The van der Waals surface area contributed by atoms with Crippen LogP contribution in [0.2, 0.25) is 10.0 Å². The Kier molecular flexibility index (Phi) is 6.41. The first-order valence-corrected chi connectivity index (χ1v) is 11.3. The maximum Gasteiger partial charge on any atom is 0.273 e. The number of fused-ring (bicyclic) bond motifs is 1. The summed E-state index contributed by atoms with van der Waals surface area (Å²) in [4.78, 5) is 50.7. The summed E-state index contributed by atoms with van der Waals surface area (Å²) < 4.78 is 0. The molecule has 1 saturated carbocycles. The van der Waals surface area contributed by atoms with E-state index in [0.29, 0.717) is 29.3 Å². The first kappa shape index (κ1) is 23.2. The molecule has 2 aliphatic rings. The van der Waals surface area contributed by atoms with Crippen molar-refractivity contribution < 1.29 is 19.3 Å². The molecular weight excluding hydrogens is 469 g/mol. The number of non-ortho nitro benzene ring substituents is 1. The van der Waals surface area contributed by atoms with Gasteiger partial charge in [-0.2, -0.15) is 5.01 Å². The second-order valence-corrected chi connectivity index (χ2v) is 9.37. The van der Waals surface area contributed by atoms with Crippen molar-refractivity contribution in [2.75, 3.05) is 0 Å². The molecule has 0 spiro atoms. The summed E-state index contributed by atoms with van der Waals surface area (Å²) in [5, 5.41) is 13.8. The molecule has 2 aromatic carbocycles. The number of nitro benzene ring substituents is 1. The summed E-state index contributed by atoms with van der Waals surface area (Å²) in [7, 11) is 0. The molecule has 0 bridgehead atoms. The summed E-state index contributed by atoms with van der Waals surface area (Å²) >= 11 is 12.3. The number of hydrazine groups is 1. The molecule has 0 radical (unpaired) electrons. The van der Waals surface area contributed by atoms with Crippen LogP contribution < -0.4 is 0 Å². The number of nitrogens with zero attached hydrogens (tertiary/aromatic N) is 3. The van der Waals surface area contributed by atoms with Gasteiger partial charge < -0.3 is 0 Å². The smallest absolute Gasteiger partial charge is 0.272 e. The molecule has 0 unspecified atom stereocenters. The van der Waals surface area contributed by atoms with Crippen molar-refractivity contribution in [1.82, 2.24) is 10.0 Å². The zero-order chi connectivity index (χ0) is 23.9. The van der Waals surface area contributed by atoms with Crippen LogP contribution in [-0.4, -0.2) is 32.7 Å². The molecule has 1 saturated heterocycles. The van der Waals surface area contributed by atoms with Gasteiger partial charge in [-0.15, -0.1) is 0 Å². The largest absolute Gasteiger partial charge is 0.273 e. The second kappa shape index (κ2) is 9.11. The summed E-state index contributed by atoms with van der Waals surface area (Å²) in [6, 6.07) is 9.88. The molecule has 1 aliphatic carbocycles. The number of nitro groups is 1. The lowest BCUT2D eigenvalue weighted by molar-refractivity contribution is -0.384. The molecule has 3 atom stereocenters. The average molecular weight is 490 g/mol. The minimum atomic E-state index is -0.710. The molecule has 10 heteroatoms. The van der Waals surface area contributed by atoms with Gasteiger partial charge in [0.25, 0.3) is 23.4 Å². The van der Waals surface area contributed by atoms with Crippen molar-refractivity contribution in [3.05, 3.63) is 73.8 Å². The fourth-order valence-corrected chi connectivity index (χ4v) is 5.02. The lowest BCUT2D eigenvalue weighted by atomic mass is 9.76.